The summed E-state index contributed by atoms with van der Waals surface area (Å²) in [5.41, 5.74) is 3.90. The fraction of sp³-hybridized carbons (Fsp3) is 0.200. The molecule has 1 saturated heterocycles. The minimum absolute atomic E-state index is 0.0596. The maximum Gasteiger partial charge on any atom is 0.288 e. The second-order valence-corrected chi connectivity index (χ2v) is 7.12. The van der Waals surface area contributed by atoms with Crippen LogP contribution in [0.1, 0.15) is 5.56 Å². The Labute approximate surface area is 188 Å². The summed E-state index contributed by atoms with van der Waals surface area (Å²) in [6.07, 6.45) is 1.42. The molecule has 0 atom stereocenters. The molecule has 1 aromatic heterocycles. The average Bonchev–Trinajstić information content (AvgIpc) is 2.81. The van der Waals surface area contributed by atoms with Crippen molar-refractivity contribution in [2.75, 3.05) is 41.9 Å². The van der Waals surface area contributed by atoms with Gasteiger partial charge in [-0.05, 0) is 18.2 Å². The van der Waals surface area contributed by atoms with E-state index in [4.69, 9.17) is 16.3 Å². The number of anilines is 4. The van der Waals surface area contributed by atoms with Crippen LogP contribution in [0, 0.1) is 10.1 Å². The Bertz CT molecular complexity index is 1120. The molecule has 12 heteroatoms. The number of morpholine rings is 1. The van der Waals surface area contributed by atoms with Crippen molar-refractivity contribution in [1.29, 1.82) is 0 Å². The van der Waals surface area contributed by atoms with Gasteiger partial charge in [-0.1, -0.05) is 35.9 Å². The normalized spacial score (nSPS) is 13.8. The highest BCUT2D eigenvalue weighted by Crippen LogP contribution is 2.24. The first-order valence-corrected chi connectivity index (χ1v) is 10.1. The topological polar surface area (TPSA) is 131 Å². The van der Waals surface area contributed by atoms with Crippen LogP contribution < -0.4 is 15.6 Å². The molecule has 4 rings (SSSR count). The molecule has 0 aliphatic carbocycles. The van der Waals surface area contributed by atoms with Crippen molar-refractivity contribution in [2.45, 2.75) is 0 Å². The van der Waals surface area contributed by atoms with Crippen LogP contribution in [0.4, 0.5) is 29.2 Å². The number of para-hydroxylation sites is 1. The van der Waals surface area contributed by atoms with Crippen LogP contribution in [0.15, 0.2) is 53.6 Å². The quantitative estimate of drug-likeness (QED) is 0.313. The largest absolute Gasteiger partial charge is 0.378 e. The first-order valence-electron chi connectivity index (χ1n) is 9.72. The molecular formula is C20H19ClN8O3. The Kier molecular flexibility index (Phi) is 6.68. The summed E-state index contributed by atoms with van der Waals surface area (Å²) in [6.45, 7) is 2.49. The highest BCUT2D eigenvalue weighted by atomic mass is 35.5. The standard InChI is InChI=1S/C20H19ClN8O3/c21-16-7-6-14(12-17(16)29(30)31)13-22-27-19-24-18(23-15-4-2-1-3-5-15)25-20(26-19)28-8-10-32-11-9-28/h1-7,12-13H,8-11H2,(H2,23,24,25,26,27)/b22-13-. The van der Waals surface area contributed by atoms with E-state index in [0.717, 1.165) is 5.69 Å². The maximum absolute atomic E-state index is 11.1. The number of aromatic nitrogens is 3. The van der Waals surface area contributed by atoms with Gasteiger partial charge in [0.1, 0.15) is 5.02 Å². The smallest absolute Gasteiger partial charge is 0.288 e. The molecule has 0 bridgehead atoms. The zero-order valence-electron chi connectivity index (χ0n) is 16.8. The minimum Gasteiger partial charge on any atom is -0.378 e. The van der Waals surface area contributed by atoms with E-state index in [0.29, 0.717) is 43.8 Å². The summed E-state index contributed by atoms with van der Waals surface area (Å²) < 4.78 is 5.40. The number of nitro groups is 1. The van der Waals surface area contributed by atoms with Crippen molar-refractivity contribution < 1.29 is 9.66 Å². The Morgan fingerprint density at radius 3 is 2.59 bits per heavy atom. The lowest BCUT2D eigenvalue weighted by atomic mass is 10.2. The Morgan fingerprint density at radius 2 is 1.84 bits per heavy atom. The van der Waals surface area contributed by atoms with Crippen molar-refractivity contribution in [3.63, 3.8) is 0 Å². The predicted octanol–water partition coefficient (Wildman–Crippen LogP) is 3.46. The first-order chi connectivity index (χ1) is 15.6. The fourth-order valence-corrected chi connectivity index (χ4v) is 3.13. The van der Waals surface area contributed by atoms with Gasteiger partial charge in [0, 0.05) is 30.4 Å². The number of hydrazone groups is 1. The molecule has 3 aromatic rings. The number of nitro benzene ring substituents is 1. The molecule has 2 N–H and O–H groups in total. The summed E-state index contributed by atoms with van der Waals surface area (Å²) in [4.78, 5) is 25.8. The summed E-state index contributed by atoms with van der Waals surface area (Å²) in [5.74, 6) is 1.06. The van der Waals surface area contributed by atoms with Crippen molar-refractivity contribution in [3.05, 3.63) is 69.2 Å². The fourth-order valence-electron chi connectivity index (χ4n) is 2.94. The molecule has 0 amide bonds. The molecule has 0 spiro atoms. The molecule has 0 unspecified atom stereocenters. The maximum atomic E-state index is 11.1. The molecule has 2 aromatic carbocycles. The molecule has 1 aliphatic heterocycles. The van der Waals surface area contributed by atoms with E-state index in [-0.39, 0.29) is 16.7 Å². The van der Waals surface area contributed by atoms with E-state index in [9.17, 15) is 10.1 Å². The van der Waals surface area contributed by atoms with Crippen LogP contribution in [0.25, 0.3) is 0 Å². The van der Waals surface area contributed by atoms with Gasteiger partial charge in [-0.15, -0.1) is 0 Å². The van der Waals surface area contributed by atoms with E-state index >= 15 is 0 Å². The summed E-state index contributed by atoms with van der Waals surface area (Å²) in [7, 11) is 0. The number of rotatable bonds is 7. The average molecular weight is 455 g/mol. The Balaban J connectivity index is 1.56. The number of halogens is 1. The second-order valence-electron chi connectivity index (χ2n) is 6.71. The van der Waals surface area contributed by atoms with Crippen LogP contribution in [0.3, 0.4) is 0 Å². The number of benzene rings is 2. The summed E-state index contributed by atoms with van der Waals surface area (Å²) in [6, 6.07) is 13.9. The van der Waals surface area contributed by atoms with E-state index in [2.05, 4.69) is 30.8 Å². The zero-order valence-corrected chi connectivity index (χ0v) is 17.6. The third kappa shape index (κ3) is 5.45. The van der Waals surface area contributed by atoms with Crippen LogP contribution in [-0.4, -0.2) is 52.4 Å². The molecule has 164 valence electrons. The minimum atomic E-state index is -0.546. The summed E-state index contributed by atoms with van der Waals surface area (Å²) >= 11 is 5.85. The highest BCUT2D eigenvalue weighted by Gasteiger charge is 2.17. The van der Waals surface area contributed by atoms with Crippen molar-refractivity contribution in [3.8, 4) is 0 Å². The SMILES string of the molecule is O=[N+]([O-])c1cc(/C=N\Nc2nc(Nc3ccccc3)nc(N3CCOCC3)n2)ccc1Cl. The third-order valence-electron chi connectivity index (χ3n) is 4.49. The van der Waals surface area contributed by atoms with E-state index in [1.807, 2.05) is 35.2 Å². The Hall–Kier alpha value is -3.83. The first kappa shape index (κ1) is 21.4. The highest BCUT2D eigenvalue weighted by molar-refractivity contribution is 6.32. The van der Waals surface area contributed by atoms with Gasteiger partial charge in [-0.25, -0.2) is 5.43 Å². The van der Waals surface area contributed by atoms with E-state index < -0.39 is 4.92 Å². The lowest BCUT2D eigenvalue weighted by Crippen LogP contribution is -2.37. The van der Waals surface area contributed by atoms with Gasteiger partial charge in [-0.2, -0.15) is 20.1 Å². The van der Waals surface area contributed by atoms with Gasteiger partial charge < -0.3 is 15.0 Å². The van der Waals surface area contributed by atoms with Gasteiger partial charge in [0.15, 0.2) is 0 Å². The zero-order chi connectivity index (χ0) is 22.3. The van der Waals surface area contributed by atoms with Gasteiger partial charge in [-0.3, -0.25) is 10.1 Å². The molecule has 11 nitrogen and oxygen atoms in total. The summed E-state index contributed by atoms with van der Waals surface area (Å²) in [5, 5.41) is 18.4. The molecule has 0 radical (unpaired) electrons. The molecular weight excluding hydrogens is 436 g/mol. The van der Waals surface area contributed by atoms with Crippen LogP contribution in [0.5, 0.6) is 0 Å². The van der Waals surface area contributed by atoms with Gasteiger partial charge in [0.2, 0.25) is 17.8 Å². The van der Waals surface area contributed by atoms with Crippen LogP contribution >= 0.6 is 11.6 Å². The number of nitrogens with zero attached hydrogens (tertiary/aromatic N) is 6. The molecule has 1 fully saturated rings. The molecule has 0 saturated carbocycles. The van der Waals surface area contributed by atoms with Crippen molar-refractivity contribution in [2.24, 2.45) is 5.10 Å². The molecule has 2 heterocycles. The lowest BCUT2D eigenvalue weighted by Gasteiger charge is -2.27. The number of hydrogen-bond donors (Lipinski definition) is 2. The molecule has 1 aliphatic rings. The number of nitrogens with one attached hydrogen (secondary N) is 2. The van der Waals surface area contributed by atoms with Gasteiger partial charge >= 0.3 is 0 Å². The van der Waals surface area contributed by atoms with E-state index in [1.165, 1.54) is 18.3 Å². The monoisotopic (exact) mass is 454 g/mol. The molecule has 32 heavy (non-hydrogen) atoms. The number of hydrogen-bond acceptors (Lipinski definition) is 10. The third-order valence-corrected chi connectivity index (χ3v) is 4.81. The lowest BCUT2D eigenvalue weighted by molar-refractivity contribution is -0.384. The van der Waals surface area contributed by atoms with Gasteiger partial charge in [0.05, 0.1) is 24.4 Å². The number of ether oxygens (including phenoxy) is 1. The van der Waals surface area contributed by atoms with Crippen LogP contribution in [-0.2, 0) is 4.74 Å². The van der Waals surface area contributed by atoms with Crippen LogP contribution in [0.2, 0.25) is 5.02 Å². The second kappa shape index (κ2) is 9.98. The van der Waals surface area contributed by atoms with Crippen molar-refractivity contribution >= 4 is 47.0 Å². The Morgan fingerprint density at radius 1 is 1.09 bits per heavy atom. The van der Waals surface area contributed by atoms with Crippen molar-refractivity contribution in [1.82, 2.24) is 15.0 Å². The predicted molar refractivity (Wildman–Crippen MR) is 122 cm³/mol. The van der Waals surface area contributed by atoms with E-state index in [1.54, 1.807) is 6.07 Å². The van der Waals surface area contributed by atoms with Gasteiger partial charge in [0.25, 0.3) is 5.69 Å².